The van der Waals surface area contributed by atoms with Gasteiger partial charge in [0.15, 0.2) is 0 Å². The van der Waals surface area contributed by atoms with Gasteiger partial charge < -0.3 is 0 Å². The second-order valence-corrected chi connectivity index (χ2v) is 1.15. The average Bonchev–Trinajstić information content (AvgIpc) is 2.21. The molecule has 1 aliphatic heterocycles. The number of hydrogen-bond acceptors (Lipinski definition) is 2. The van der Waals surface area contributed by atoms with E-state index in [4.69, 9.17) is 0 Å². The molecule has 0 aromatic carbocycles. The van der Waals surface area contributed by atoms with Crippen LogP contribution in [0.3, 0.4) is 0 Å². The van der Waals surface area contributed by atoms with Crippen LogP contribution in [0.1, 0.15) is 6.42 Å². The largest absolute Gasteiger partial charge is 0.228 e. The van der Waals surface area contributed by atoms with Crippen molar-refractivity contribution in [2.75, 3.05) is 0 Å². The lowest BCUT2D eigenvalue weighted by Gasteiger charge is -1.68. The molecule has 34 valence electrons. The predicted molar refractivity (Wildman–Crippen MR) is 20.8 cm³/mol. The van der Waals surface area contributed by atoms with Crippen LogP contribution in [0.25, 0.3) is 0 Å². The summed E-state index contributed by atoms with van der Waals surface area (Å²) < 4.78 is 0. The van der Waals surface area contributed by atoms with Crippen LogP contribution in [-0.2, 0) is 9.78 Å². The summed E-state index contributed by atoms with van der Waals surface area (Å²) in [7, 11) is 0. The van der Waals surface area contributed by atoms with E-state index in [1.165, 1.54) is 0 Å². The Kier molecular flexibility index (Phi) is 0.900. The van der Waals surface area contributed by atoms with Crippen LogP contribution >= 0.6 is 0 Å². The number of hydrogen-bond donors (Lipinski definition) is 0. The fourth-order valence-corrected chi connectivity index (χ4v) is 0.254. The molecule has 0 aromatic rings. The van der Waals surface area contributed by atoms with Crippen LogP contribution < -0.4 is 0 Å². The first-order valence-electron chi connectivity index (χ1n) is 1.86. The summed E-state index contributed by atoms with van der Waals surface area (Å²) in [4.78, 5) is 8.76. The molecule has 0 N–H and O–H groups in total. The maximum absolute atomic E-state index is 4.38. The molecule has 0 unspecified atom stereocenters. The summed E-state index contributed by atoms with van der Waals surface area (Å²) in [5, 5.41) is 0. The SMILES string of the molecule is C=CCC1OO1. The first-order valence-corrected chi connectivity index (χ1v) is 1.86. The zero-order valence-electron chi connectivity index (χ0n) is 3.39. The highest BCUT2D eigenvalue weighted by Gasteiger charge is 2.22. The topological polar surface area (TPSA) is 25.1 Å². The third kappa shape index (κ3) is 0.808. The third-order valence-electron chi connectivity index (χ3n) is 0.591. The molecule has 0 aromatic heterocycles. The summed E-state index contributed by atoms with van der Waals surface area (Å²) in [5.74, 6) is 0. The van der Waals surface area contributed by atoms with E-state index in [9.17, 15) is 0 Å². The van der Waals surface area contributed by atoms with Crippen molar-refractivity contribution in [3.05, 3.63) is 12.7 Å². The Morgan fingerprint density at radius 1 is 1.67 bits per heavy atom. The first kappa shape index (κ1) is 3.84. The Bertz CT molecular complexity index is 56.6. The van der Waals surface area contributed by atoms with Gasteiger partial charge in [0.05, 0.1) is 0 Å². The first-order chi connectivity index (χ1) is 2.93. The van der Waals surface area contributed by atoms with Crippen LogP contribution in [0.15, 0.2) is 12.7 Å². The van der Waals surface area contributed by atoms with Crippen LogP contribution in [0.5, 0.6) is 0 Å². The van der Waals surface area contributed by atoms with Crippen LogP contribution in [0, 0.1) is 0 Å². The van der Waals surface area contributed by atoms with Gasteiger partial charge >= 0.3 is 0 Å². The van der Waals surface area contributed by atoms with Gasteiger partial charge in [-0.05, 0) is 0 Å². The van der Waals surface area contributed by atoms with E-state index < -0.39 is 0 Å². The van der Waals surface area contributed by atoms with Gasteiger partial charge in [0, 0.05) is 6.42 Å². The highest BCUT2D eigenvalue weighted by atomic mass is 17.4. The lowest BCUT2D eigenvalue weighted by atomic mass is 10.4. The summed E-state index contributed by atoms with van der Waals surface area (Å²) in [6.45, 7) is 3.48. The molecule has 2 nitrogen and oxygen atoms in total. The lowest BCUT2D eigenvalue weighted by Crippen LogP contribution is -1.74. The van der Waals surface area contributed by atoms with Gasteiger partial charge in [-0.1, -0.05) is 6.08 Å². The van der Waals surface area contributed by atoms with Crippen molar-refractivity contribution in [1.29, 1.82) is 0 Å². The minimum atomic E-state index is 0.0301. The highest BCUT2D eigenvalue weighted by molar-refractivity contribution is 4.69. The van der Waals surface area contributed by atoms with Gasteiger partial charge in [0.25, 0.3) is 0 Å². The number of rotatable bonds is 2. The van der Waals surface area contributed by atoms with E-state index >= 15 is 0 Å². The Balaban J connectivity index is 2.00. The maximum atomic E-state index is 4.38. The summed E-state index contributed by atoms with van der Waals surface area (Å²) in [5.41, 5.74) is 0. The van der Waals surface area contributed by atoms with Crippen LogP contribution in [-0.4, -0.2) is 6.29 Å². The quantitative estimate of drug-likeness (QED) is 0.283. The van der Waals surface area contributed by atoms with E-state index in [1.54, 1.807) is 6.08 Å². The molecule has 1 rings (SSSR count). The molecular formula is C4H6O2. The van der Waals surface area contributed by atoms with Crippen molar-refractivity contribution < 1.29 is 9.78 Å². The zero-order valence-corrected chi connectivity index (χ0v) is 3.39. The minimum absolute atomic E-state index is 0.0301. The fourth-order valence-electron chi connectivity index (χ4n) is 0.254. The second kappa shape index (κ2) is 1.41. The van der Waals surface area contributed by atoms with Crippen molar-refractivity contribution >= 4 is 0 Å². The molecule has 6 heavy (non-hydrogen) atoms. The van der Waals surface area contributed by atoms with Gasteiger partial charge in [0.2, 0.25) is 6.29 Å². The van der Waals surface area contributed by atoms with Gasteiger partial charge in [-0.15, -0.1) is 6.58 Å². The van der Waals surface area contributed by atoms with Crippen molar-refractivity contribution in [3.63, 3.8) is 0 Å². The normalized spacial score (nSPS) is 20.7. The Labute approximate surface area is 36.3 Å². The maximum Gasteiger partial charge on any atom is 0.228 e. The molecule has 0 aliphatic carbocycles. The Hall–Kier alpha value is -0.340. The smallest absolute Gasteiger partial charge is 0.198 e. The van der Waals surface area contributed by atoms with E-state index in [0.29, 0.717) is 0 Å². The summed E-state index contributed by atoms with van der Waals surface area (Å²) in [6.07, 6.45) is 2.60. The van der Waals surface area contributed by atoms with E-state index in [2.05, 4.69) is 16.4 Å². The molecule has 1 aliphatic rings. The van der Waals surface area contributed by atoms with Gasteiger partial charge in [-0.25, -0.2) is 0 Å². The molecule has 0 saturated carbocycles. The molecule has 0 atom stereocenters. The van der Waals surface area contributed by atoms with Gasteiger partial charge in [0.1, 0.15) is 0 Å². The molecule has 1 fully saturated rings. The molecule has 0 radical (unpaired) electrons. The third-order valence-corrected chi connectivity index (χ3v) is 0.591. The van der Waals surface area contributed by atoms with E-state index in [0.717, 1.165) is 6.42 Å². The van der Waals surface area contributed by atoms with Crippen LogP contribution in [0.4, 0.5) is 0 Å². The van der Waals surface area contributed by atoms with Crippen LogP contribution in [0.2, 0.25) is 0 Å². The molecular weight excluding hydrogens is 80.0 g/mol. The fraction of sp³-hybridized carbons (Fsp3) is 0.500. The zero-order chi connectivity index (χ0) is 4.41. The van der Waals surface area contributed by atoms with Crippen molar-refractivity contribution in [3.8, 4) is 0 Å². The molecule has 2 heteroatoms. The molecule has 1 heterocycles. The summed E-state index contributed by atoms with van der Waals surface area (Å²) in [6, 6.07) is 0. The molecule has 0 bridgehead atoms. The Morgan fingerprint density at radius 3 is 2.50 bits per heavy atom. The van der Waals surface area contributed by atoms with E-state index in [-0.39, 0.29) is 6.29 Å². The molecule has 1 saturated heterocycles. The van der Waals surface area contributed by atoms with Gasteiger partial charge in [-0.2, -0.15) is 9.78 Å². The van der Waals surface area contributed by atoms with E-state index in [1.807, 2.05) is 0 Å². The minimum Gasteiger partial charge on any atom is -0.198 e. The van der Waals surface area contributed by atoms with Crippen molar-refractivity contribution in [1.82, 2.24) is 0 Å². The Morgan fingerprint density at radius 2 is 2.33 bits per heavy atom. The van der Waals surface area contributed by atoms with Gasteiger partial charge in [-0.3, -0.25) is 0 Å². The molecule has 0 spiro atoms. The summed E-state index contributed by atoms with van der Waals surface area (Å²) >= 11 is 0. The monoisotopic (exact) mass is 86.0 g/mol. The molecule has 0 amide bonds. The highest BCUT2D eigenvalue weighted by Crippen LogP contribution is 2.15. The standard InChI is InChI=1S/C4H6O2/c1-2-3-4-5-6-4/h2,4H,1,3H2. The van der Waals surface area contributed by atoms with Crippen molar-refractivity contribution in [2.24, 2.45) is 0 Å². The second-order valence-electron chi connectivity index (χ2n) is 1.15. The lowest BCUT2D eigenvalue weighted by molar-refractivity contribution is 0.0850. The van der Waals surface area contributed by atoms with Crippen molar-refractivity contribution in [2.45, 2.75) is 12.7 Å². The average molecular weight is 86.1 g/mol. The predicted octanol–water partition coefficient (Wildman–Crippen LogP) is 0.850.